The summed E-state index contributed by atoms with van der Waals surface area (Å²) in [4.78, 5) is 14.9. The molecule has 0 bridgehead atoms. The number of rotatable bonds is 2. The normalized spacial score (nSPS) is 27.7. The number of ether oxygens (including phenoxy) is 1. The Morgan fingerprint density at radius 2 is 2.62 bits per heavy atom. The van der Waals surface area contributed by atoms with E-state index in [4.69, 9.17) is 9.84 Å². The first kappa shape index (κ1) is 8.65. The molecule has 1 aliphatic rings. The Hall–Kier alpha value is -0.940. The maximum Gasteiger partial charge on any atom is 0.309 e. The molecule has 2 unspecified atom stereocenters. The van der Waals surface area contributed by atoms with E-state index in [0.717, 1.165) is 5.69 Å². The van der Waals surface area contributed by atoms with E-state index in [2.05, 4.69) is 4.98 Å². The quantitative estimate of drug-likeness (QED) is 0.780. The van der Waals surface area contributed by atoms with Gasteiger partial charge in [0.15, 0.2) is 0 Å². The molecule has 4 nitrogen and oxygen atoms in total. The first-order valence-electron chi connectivity index (χ1n) is 4.01. The molecule has 1 saturated heterocycles. The van der Waals surface area contributed by atoms with Crippen LogP contribution in [-0.2, 0) is 9.53 Å². The summed E-state index contributed by atoms with van der Waals surface area (Å²) < 4.78 is 5.33. The maximum absolute atomic E-state index is 10.8. The maximum atomic E-state index is 10.8. The van der Waals surface area contributed by atoms with Crippen molar-refractivity contribution in [2.45, 2.75) is 12.5 Å². The zero-order valence-electron chi connectivity index (χ0n) is 6.84. The molecule has 0 aromatic carbocycles. The van der Waals surface area contributed by atoms with E-state index in [-0.39, 0.29) is 6.10 Å². The van der Waals surface area contributed by atoms with Gasteiger partial charge in [0.1, 0.15) is 6.10 Å². The van der Waals surface area contributed by atoms with Crippen LogP contribution in [0.25, 0.3) is 0 Å². The number of carboxylic acids is 1. The van der Waals surface area contributed by atoms with E-state index in [0.29, 0.717) is 13.0 Å². The standard InChI is InChI=1S/C8H9NO3S/c10-8(11)5-1-2-12-7(5)6-3-13-4-9-6/h3-5,7H,1-2H2,(H,10,11). The van der Waals surface area contributed by atoms with Crippen LogP contribution in [0.1, 0.15) is 18.2 Å². The average Bonchev–Trinajstić information content (AvgIpc) is 2.74. The lowest BCUT2D eigenvalue weighted by Crippen LogP contribution is -2.17. The lowest BCUT2D eigenvalue weighted by Gasteiger charge is -2.11. The Kier molecular flexibility index (Phi) is 2.28. The molecule has 1 aromatic rings. The van der Waals surface area contributed by atoms with Crippen molar-refractivity contribution in [2.75, 3.05) is 6.61 Å². The van der Waals surface area contributed by atoms with Gasteiger partial charge in [0.05, 0.1) is 17.1 Å². The van der Waals surface area contributed by atoms with Crippen molar-refractivity contribution in [3.8, 4) is 0 Å². The Bertz CT molecular complexity index is 298. The fourth-order valence-electron chi connectivity index (χ4n) is 1.50. The predicted octanol–water partition coefficient (Wildman–Crippen LogP) is 1.31. The first-order valence-corrected chi connectivity index (χ1v) is 4.96. The fraction of sp³-hybridized carbons (Fsp3) is 0.500. The molecule has 1 aromatic heterocycles. The summed E-state index contributed by atoms with van der Waals surface area (Å²) in [5.41, 5.74) is 2.44. The number of nitrogens with zero attached hydrogens (tertiary/aromatic N) is 1. The van der Waals surface area contributed by atoms with Gasteiger partial charge in [0.25, 0.3) is 0 Å². The molecule has 1 aliphatic heterocycles. The molecule has 1 fully saturated rings. The van der Waals surface area contributed by atoms with Gasteiger partial charge in [-0.15, -0.1) is 11.3 Å². The minimum Gasteiger partial charge on any atom is -0.481 e. The van der Waals surface area contributed by atoms with Crippen molar-refractivity contribution in [3.05, 3.63) is 16.6 Å². The molecule has 2 atom stereocenters. The Balaban J connectivity index is 2.19. The SMILES string of the molecule is O=C(O)C1CCOC1c1cscn1. The number of hydrogen-bond acceptors (Lipinski definition) is 4. The molecule has 13 heavy (non-hydrogen) atoms. The van der Waals surface area contributed by atoms with E-state index < -0.39 is 11.9 Å². The monoisotopic (exact) mass is 199 g/mol. The third-order valence-electron chi connectivity index (χ3n) is 2.15. The minimum atomic E-state index is -0.796. The van der Waals surface area contributed by atoms with Gasteiger partial charge in [0.2, 0.25) is 0 Å². The Labute approximate surface area is 79.2 Å². The number of aromatic nitrogens is 1. The van der Waals surface area contributed by atoms with Gasteiger partial charge < -0.3 is 9.84 Å². The van der Waals surface area contributed by atoms with Crippen LogP contribution in [0.4, 0.5) is 0 Å². The summed E-state index contributed by atoms with van der Waals surface area (Å²) >= 11 is 1.46. The third-order valence-corrected chi connectivity index (χ3v) is 2.76. The second-order valence-corrected chi connectivity index (χ2v) is 3.66. The van der Waals surface area contributed by atoms with Crippen LogP contribution in [0, 0.1) is 5.92 Å². The molecule has 0 saturated carbocycles. The van der Waals surface area contributed by atoms with Crippen LogP contribution >= 0.6 is 11.3 Å². The second kappa shape index (κ2) is 3.43. The number of hydrogen-bond donors (Lipinski definition) is 1. The molecular formula is C8H9NO3S. The highest BCUT2D eigenvalue weighted by atomic mass is 32.1. The summed E-state index contributed by atoms with van der Waals surface area (Å²) in [6, 6.07) is 0. The average molecular weight is 199 g/mol. The highest BCUT2D eigenvalue weighted by molar-refractivity contribution is 7.07. The molecule has 0 aliphatic carbocycles. The molecule has 2 heterocycles. The largest absolute Gasteiger partial charge is 0.481 e. The Morgan fingerprint density at radius 3 is 3.23 bits per heavy atom. The molecule has 0 amide bonds. The van der Waals surface area contributed by atoms with E-state index in [1.165, 1.54) is 11.3 Å². The summed E-state index contributed by atoms with van der Waals surface area (Å²) in [5, 5.41) is 10.7. The molecule has 5 heteroatoms. The van der Waals surface area contributed by atoms with Crippen LogP contribution in [0.5, 0.6) is 0 Å². The first-order chi connectivity index (χ1) is 6.29. The van der Waals surface area contributed by atoms with Gasteiger partial charge in [0, 0.05) is 12.0 Å². The second-order valence-electron chi connectivity index (χ2n) is 2.94. The van der Waals surface area contributed by atoms with Gasteiger partial charge in [-0.3, -0.25) is 4.79 Å². The fourth-order valence-corrected chi connectivity index (χ4v) is 2.07. The van der Waals surface area contributed by atoms with Gasteiger partial charge in [-0.05, 0) is 6.42 Å². The van der Waals surface area contributed by atoms with Crippen molar-refractivity contribution in [2.24, 2.45) is 5.92 Å². The van der Waals surface area contributed by atoms with Gasteiger partial charge in [-0.2, -0.15) is 0 Å². The number of thiazole rings is 1. The zero-order chi connectivity index (χ0) is 9.26. The molecule has 2 rings (SSSR count). The third kappa shape index (κ3) is 1.57. The lowest BCUT2D eigenvalue weighted by atomic mass is 10.0. The van der Waals surface area contributed by atoms with E-state index in [9.17, 15) is 4.79 Å². The lowest BCUT2D eigenvalue weighted by molar-refractivity contribution is -0.143. The molecular weight excluding hydrogens is 190 g/mol. The van der Waals surface area contributed by atoms with Gasteiger partial charge in [-0.25, -0.2) is 4.98 Å². The van der Waals surface area contributed by atoms with Crippen molar-refractivity contribution in [3.63, 3.8) is 0 Å². The zero-order valence-corrected chi connectivity index (χ0v) is 7.66. The van der Waals surface area contributed by atoms with E-state index in [1.54, 1.807) is 5.51 Å². The topological polar surface area (TPSA) is 59.4 Å². The minimum absolute atomic E-state index is 0.344. The Morgan fingerprint density at radius 1 is 1.77 bits per heavy atom. The van der Waals surface area contributed by atoms with Crippen LogP contribution in [0.2, 0.25) is 0 Å². The summed E-state index contributed by atoms with van der Waals surface area (Å²) in [6.07, 6.45) is 0.237. The molecule has 1 N–H and O–H groups in total. The molecule has 0 radical (unpaired) electrons. The number of carboxylic acid groups (broad SMARTS) is 1. The molecule has 0 spiro atoms. The highest BCUT2D eigenvalue weighted by Gasteiger charge is 2.36. The highest BCUT2D eigenvalue weighted by Crippen LogP contribution is 2.34. The van der Waals surface area contributed by atoms with Gasteiger partial charge >= 0.3 is 5.97 Å². The van der Waals surface area contributed by atoms with Crippen LogP contribution in [0.15, 0.2) is 10.9 Å². The predicted molar refractivity (Wildman–Crippen MR) is 46.5 cm³/mol. The van der Waals surface area contributed by atoms with Crippen molar-refractivity contribution < 1.29 is 14.6 Å². The summed E-state index contributed by atoms with van der Waals surface area (Å²) in [5.74, 6) is -1.22. The molecule has 70 valence electrons. The van der Waals surface area contributed by atoms with Crippen LogP contribution < -0.4 is 0 Å². The van der Waals surface area contributed by atoms with E-state index >= 15 is 0 Å². The number of aliphatic carboxylic acids is 1. The summed E-state index contributed by atoms with van der Waals surface area (Å²) in [6.45, 7) is 0.513. The van der Waals surface area contributed by atoms with E-state index in [1.807, 2.05) is 5.38 Å². The summed E-state index contributed by atoms with van der Waals surface area (Å²) in [7, 11) is 0. The van der Waals surface area contributed by atoms with Crippen molar-refractivity contribution in [1.82, 2.24) is 4.98 Å². The van der Waals surface area contributed by atoms with Crippen LogP contribution in [0.3, 0.4) is 0 Å². The van der Waals surface area contributed by atoms with Gasteiger partial charge in [-0.1, -0.05) is 0 Å². The van der Waals surface area contributed by atoms with Crippen LogP contribution in [-0.4, -0.2) is 22.7 Å². The smallest absolute Gasteiger partial charge is 0.309 e. The van der Waals surface area contributed by atoms with Crippen molar-refractivity contribution in [1.29, 1.82) is 0 Å². The number of carbonyl (C=O) groups is 1. The van der Waals surface area contributed by atoms with Crippen molar-refractivity contribution >= 4 is 17.3 Å².